The average molecular weight is 316 g/mol. The molecule has 2 rings (SSSR count). The molecule has 5 heteroatoms. The second kappa shape index (κ2) is 8.08. The standard InChI is InChI=1S/C18H20O5/c1-13(19)22-8-7-15-9-16(20)11-18(10-15)23-12-14-3-5-17(21-2)6-4-14/h3-6,9-11,20H,7-8,12H2,1-2H3. The zero-order valence-corrected chi connectivity index (χ0v) is 13.2. The first kappa shape index (κ1) is 16.7. The van der Waals surface area contributed by atoms with E-state index in [1.165, 1.54) is 6.92 Å². The number of ether oxygens (including phenoxy) is 3. The largest absolute Gasteiger partial charge is 0.508 e. The highest BCUT2D eigenvalue weighted by molar-refractivity contribution is 5.65. The number of hydrogen-bond acceptors (Lipinski definition) is 5. The van der Waals surface area contributed by atoms with Crippen LogP contribution in [0.25, 0.3) is 0 Å². The zero-order valence-electron chi connectivity index (χ0n) is 13.2. The Morgan fingerprint density at radius 1 is 1.04 bits per heavy atom. The number of rotatable bonds is 7. The summed E-state index contributed by atoms with van der Waals surface area (Å²) >= 11 is 0. The molecule has 0 saturated heterocycles. The number of carbonyl (C=O) groups is 1. The van der Waals surface area contributed by atoms with Gasteiger partial charge in [-0.15, -0.1) is 0 Å². The van der Waals surface area contributed by atoms with E-state index in [4.69, 9.17) is 14.2 Å². The van der Waals surface area contributed by atoms with Crippen molar-refractivity contribution in [2.75, 3.05) is 13.7 Å². The number of methoxy groups -OCH3 is 1. The Morgan fingerprint density at radius 3 is 2.43 bits per heavy atom. The van der Waals surface area contributed by atoms with E-state index < -0.39 is 0 Å². The van der Waals surface area contributed by atoms with Gasteiger partial charge in [0.15, 0.2) is 0 Å². The predicted molar refractivity (Wildman–Crippen MR) is 85.8 cm³/mol. The van der Waals surface area contributed by atoms with Crippen molar-refractivity contribution in [1.82, 2.24) is 0 Å². The molecule has 0 spiro atoms. The molecule has 23 heavy (non-hydrogen) atoms. The Balaban J connectivity index is 1.95. The maximum Gasteiger partial charge on any atom is 0.302 e. The van der Waals surface area contributed by atoms with Crippen LogP contribution in [0, 0.1) is 0 Å². The first-order valence-electron chi connectivity index (χ1n) is 7.29. The van der Waals surface area contributed by atoms with E-state index in [2.05, 4.69) is 0 Å². The van der Waals surface area contributed by atoms with Crippen LogP contribution in [0.2, 0.25) is 0 Å². The lowest BCUT2D eigenvalue weighted by atomic mass is 10.1. The summed E-state index contributed by atoms with van der Waals surface area (Å²) in [6.07, 6.45) is 0.521. The molecule has 5 nitrogen and oxygen atoms in total. The average Bonchev–Trinajstić information content (AvgIpc) is 2.52. The van der Waals surface area contributed by atoms with Crippen molar-refractivity contribution in [3.8, 4) is 17.2 Å². The van der Waals surface area contributed by atoms with Crippen molar-refractivity contribution >= 4 is 5.97 Å². The Bertz CT molecular complexity index is 649. The highest BCUT2D eigenvalue weighted by atomic mass is 16.5. The minimum atomic E-state index is -0.318. The number of esters is 1. The highest BCUT2D eigenvalue weighted by Gasteiger charge is 2.04. The van der Waals surface area contributed by atoms with Crippen molar-refractivity contribution in [1.29, 1.82) is 0 Å². The number of hydrogen-bond donors (Lipinski definition) is 1. The molecular weight excluding hydrogens is 296 g/mol. The number of carbonyl (C=O) groups excluding carboxylic acids is 1. The van der Waals surface area contributed by atoms with E-state index in [-0.39, 0.29) is 18.3 Å². The molecule has 0 unspecified atom stereocenters. The number of benzene rings is 2. The molecular formula is C18H20O5. The number of aromatic hydroxyl groups is 1. The van der Waals surface area contributed by atoms with Gasteiger partial charge in [0.05, 0.1) is 13.7 Å². The smallest absolute Gasteiger partial charge is 0.302 e. The third-order valence-corrected chi connectivity index (χ3v) is 3.21. The van der Waals surface area contributed by atoms with Gasteiger partial charge in [0.25, 0.3) is 0 Å². The second-order valence-corrected chi connectivity index (χ2v) is 5.06. The van der Waals surface area contributed by atoms with Gasteiger partial charge in [-0.3, -0.25) is 4.79 Å². The van der Waals surface area contributed by atoms with Gasteiger partial charge in [-0.2, -0.15) is 0 Å². The van der Waals surface area contributed by atoms with E-state index in [1.54, 1.807) is 19.2 Å². The van der Waals surface area contributed by atoms with E-state index in [0.29, 0.717) is 18.8 Å². The first-order chi connectivity index (χ1) is 11.1. The van der Waals surface area contributed by atoms with Crippen molar-refractivity contribution in [2.24, 2.45) is 0 Å². The van der Waals surface area contributed by atoms with Gasteiger partial charge in [0.2, 0.25) is 0 Å². The molecule has 0 aliphatic heterocycles. The fourth-order valence-corrected chi connectivity index (χ4v) is 2.07. The van der Waals surface area contributed by atoms with Crippen molar-refractivity contribution in [3.05, 3.63) is 53.6 Å². The molecule has 2 aromatic carbocycles. The van der Waals surface area contributed by atoms with Crippen LogP contribution >= 0.6 is 0 Å². The lowest BCUT2D eigenvalue weighted by molar-refractivity contribution is -0.140. The topological polar surface area (TPSA) is 65.0 Å². The monoisotopic (exact) mass is 316 g/mol. The Kier molecular flexibility index (Phi) is 5.86. The van der Waals surface area contributed by atoms with Crippen LogP contribution in [0.5, 0.6) is 17.2 Å². The van der Waals surface area contributed by atoms with Crippen LogP contribution in [0.4, 0.5) is 0 Å². The van der Waals surface area contributed by atoms with Crippen LogP contribution in [0.1, 0.15) is 18.1 Å². The van der Waals surface area contributed by atoms with Gasteiger partial charge < -0.3 is 19.3 Å². The molecule has 1 N–H and O–H groups in total. The molecule has 0 heterocycles. The van der Waals surface area contributed by atoms with Gasteiger partial charge in [0.1, 0.15) is 23.9 Å². The Morgan fingerprint density at radius 2 is 1.78 bits per heavy atom. The molecule has 2 aromatic rings. The van der Waals surface area contributed by atoms with Crippen LogP contribution in [-0.2, 0) is 22.6 Å². The maximum absolute atomic E-state index is 10.8. The third kappa shape index (κ3) is 5.54. The first-order valence-corrected chi connectivity index (χ1v) is 7.29. The number of phenolic OH excluding ortho intramolecular Hbond substituents is 1. The summed E-state index contributed by atoms with van der Waals surface area (Å²) in [7, 11) is 1.62. The molecule has 0 radical (unpaired) electrons. The molecule has 0 fully saturated rings. The maximum atomic E-state index is 10.8. The quantitative estimate of drug-likeness (QED) is 0.795. The Hall–Kier alpha value is -2.69. The summed E-state index contributed by atoms with van der Waals surface area (Å²) in [5.74, 6) is 1.16. The normalized spacial score (nSPS) is 10.2. The third-order valence-electron chi connectivity index (χ3n) is 3.21. The van der Waals surface area contributed by atoms with Crippen molar-refractivity contribution in [2.45, 2.75) is 20.0 Å². The Labute approximate surface area is 135 Å². The molecule has 0 aliphatic rings. The van der Waals surface area contributed by atoms with Crippen LogP contribution in [-0.4, -0.2) is 24.8 Å². The van der Waals surface area contributed by atoms with Gasteiger partial charge in [0, 0.05) is 19.4 Å². The second-order valence-electron chi connectivity index (χ2n) is 5.06. The summed E-state index contributed by atoms with van der Waals surface area (Å²) in [6.45, 7) is 2.03. The highest BCUT2D eigenvalue weighted by Crippen LogP contribution is 2.23. The van der Waals surface area contributed by atoms with E-state index in [0.717, 1.165) is 16.9 Å². The fraction of sp³-hybridized carbons (Fsp3) is 0.278. The number of phenols is 1. The summed E-state index contributed by atoms with van der Waals surface area (Å²) < 4.78 is 15.7. The van der Waals surface area contributed by atoms with E-state index >= 15 is 0 Å². The summed E-state index contributed by atoms with van der Waals surface area (Å²) in [5.41, 5.74) is 1.84. The molecule has 0 amide bonds. The van der Waals surface area contributed by atoms with Gasteiger partial charge in [-0.25, -0.2) is 0 Å². The van der Waals surface area contributed by atoms with E-state index in [1.807, 2.05) is 30.3 Å². The molecule has 0 aromatic heterocycles. The molecule has 0 atom stereocenters. The summed E-state index contributed by atoms with van der Waals surface area (Å²) in [6, 6.07) is 12.6. The van der Waals surface area contributed by atoms with Crippen molar-refractivity contribution in [3.63, 3.8) is 0 Å². The van der Waals surface area contributed by atoms with Crippen molar-refractivity contribution < 1.29 is 24.1 Å². The van der Waals surface area contributed by atoms with Crippen LogP contribution in [0.3, 0.4) is 0 Å². The van der Waals surface area contributed by atoms with Gasteiger partial charge >= 0.3 is 5.97 Å². The summed E-state index contributed by atoms with van der Waals surface area (Å²) in [4.78, 5) is 10.8. The fourth-order valence-electron chi connectivity index (χ4n) is 2.07. The minimum Gasteiger partial charge on any atom is -0.508 e. The molecule has 0 aliphatic carbocycles. The van der Waals surface area contributed by atoms with Gasteiger partial charge in [-0.1, -0.05) is 12.1 Å². The van der Waals surface area contributed by atoms with Crippen LogP contribution in [0.15, 0.2) is 42.5 Å². The predicted octanol–water partition coefficient (Wildman–Crippen LogP) is 3.09. The zero-order chi connectivity index (χ0) is 16.7. The SMILES string of the molecule is COc1ccc(COc2cc(O)cc(CCOC(C)=O)c2)cc1. The lowest BCUT2D eigenvalue weighted by Gasteiger charge is -2.10. The molecule has 0 bridgehead atoms. The summed E-state index contributed by atoms with van der Waals surface area (Å²) in [5, 5.41) is 9.76. The molecule has 122 valence electrons. The van der Waals surface area contributed by atoms with Gasteiger partial charge in [-0.05, 0) is 35.4 Å². The minimum absolute atomic E-state index is 0.120. The van der Waals surface area contributed by atoms with E-state index in [9.17, 15) is 9.90 Å². The lowest BCUT2D eigenvalue weighted by Crippen LogP contribution is -2.03. The molecule has 0 saturated carbocycles. The van der Waals surface area contributed by atoms with Crippen LogP contribution < -0.4 is 9.47 Å².